The molecule has 6 rings (SSSR count). The number of piperazine rings is 1. The Morgan fingerprint density at radius 1 is 0.951 bits per heavy atom. The Morgan fingerprint density at radius 3 is 2.46 bits per heavy atom. The Kier molecular flexibility index (Phi) is 8.41. The van der Waals surface area contributed by atoms with Crippen molar-refractivity contribution in [3.05, 3.63) is 95.4 Å². The highest BCUT2D eigenvalue weighted by Crippen LogP contribution is 2.26. The molecule has 7 nitrogen and oxygen atoms in total. The SMILES string of the molecule is N#Cc1ccc2[nH]cc(CN3CCN(c4ccc(C(=O)CCC5CCN(Cc6cccnc6)CC5)cc4)CC3)c2c1. The smallest absolute Gasteiger partial charge is 0.162 e. The quantitative estimate of drug-likeness (QED) is 0.274. The number of likely N-dealkylation sites (tertiary alicyclic amines) is 1. The number of benzene rings is 2. The summed E-state index contributed by atoms with van der Waals surface area (Å²) in [5.74, 6) is 0.898. The minimum atomic E-state index is 0.262. The number of carbonyl (C=O) groups is 1. The Morgan fingerprint density at radius 2 is 1.73 bits per heavy atom. The van der Waals surface area contributed by atoms with Crippen LogP contribution in [0.5, 0.6) is 0 Å². The molecule has 2 fully saturated rings. The highest BCUT2D eigenvalue weighted by atomic mass is 16.1. The molecule has 2 saturated heterocycles. The van der Waals surface area contributed by atoms with Crippen LogP contribution in [0.2, 0.25) is 0 Å². The van der Waals surface area contributed by atoms with E-state index in [0.717, 1.165) is 75.2 Å². The summed E-state index contributed by atoms with van der Waals surface area (Å²) in [6.45, 7) is 7.91. The monoisotopic (exact) mass is 546 g/mol. The Hall–Kier alpha value is -3.99. The summed E-state index contributed by atoms with van der Waals surface area (Å²) in [5.41, 5.74) is 6.31. The molecule has 1 N–H and O–H groups in total. The summed E-state index contributed by atoms with van der Waals surface area (Å²) in [5, 5.41) is 10.4. The standard InChI is InChI=1S/C34H38N6O/c35-21-27-3-9-33-32(20-27)30(23-37-33)25-39-16-18-40(19-17-39)31-7-5-29(6-8-31)34(41)10-4-26-11-14-38(15-12-26)24-28-2-1-13-36-22-28/h1-3,5-9,13,20,22-23,26,37H,4,10-12,14-19,24-25H2. The predicted molar refractivity (Wildman–Crippen MR) is 163 cm³/mol. The van der Waals surface area contributed by atoms with Crippen molar-refractivity contribution in [2.24, 2.45) is 5.92 Å². The van der Waals surface area contributed by atoms with E-state index in [1.807, 2.05) is 48.8 Å². The van der Waals surface area contributed by atoms with Gasteiger partial charge in [0.15, 0.2) is 5.78 Å². The van der Waals surface area contributed by atoms with Gasteiger partial charge in [-0.2, -0.15) is 5.26 Å². The van der Waals surface area contributed by atoms with Crippen LogP contribution in [0.1, 0.15) is 52.7 Å². The van der Waals surface area contributed by atoms with Crippen LogP contribution < -0.4 is 4.90 Å². The first-order valence-corrected chi connectivity index (χ1v) is 14.9. The highest BCUT2D eigenvalue weighted by Gasteiger charge is 2.21. The average Bonchev–Trinajstić information content (AvgIpc) is 3.43. The van der Waals surface area contributed by atoms with E-state index in [0.29, 0.717) is 17.9 Å². The number of hydrogen-bond acceptors (Lipinski definition) is 6. The fourth-order valence-corrected chi connectivity index (χ4v) is 6.30. The maximum atomic E-state index is 13.0. The fourth-order valence-electron chi connectivity index (χ4n) is 6.30. The second-order valence-electron chi connectivity index (χ2n) is 11.5. The zero-order valence-electron chi connectivity index (χ0n) is 23.6. The normalized spacial score (nSPS) is 17.1. The number of carbonyl (C=O) groups excluding carboxylic acids is 1. The van der Waals surface area contributed by atoms with Gasteiger partial charge in [-0.3, -0.25) is 19.6 Å². The van der Waals surface area contributed by atoms with Crippen LogP contribution in [0.15, 0.2) is 73.2 Å². The molecule has 0 atom stereocenters. The summed E-state index contributed by atoms with van der Waals surface area (Å²) in [6, 6.07) is 20.5. The molecule has 0 bridgehead atoms. The van der Waals surface area contributed by atoms with E-state index in [9.17, 15) is 10.1 Å². The third-order valence-electron chi connectivity index (χ3n) is 8.83. The number of aromatic nitrogens is 2. The number of nitriles is 1. The fraction of sp³-hybridized carbons (Fsp3) is 0.382. The van der Waals surface area contributed by atoms with Crippen molar-refractivity contribution in [2.45, 2.75) is 38.8 Å². The summed E-state index contributed by atoms with van der Waals surface area (Å²) in [4.78, 5) is 27.9. The lowest BCUT2D eigenvalue weighted by molar-refractivity contribution is 0.0961. The number of aromatic amines is 1. The maximum absolute atomic E-state index is 13.0. The van der Waals surface area contributed by atoms with Crippen LogP contribution in [0.3, 0.4) is 0 Å². The second-order valence-corrected chi connectivity index (χ2v) is 11.5. The number of pyridine rings is 1. The van der Waals surface area contributed by atoms with Crippen LogP contribution in [-0.4, -0.2) is 64.8 Å². The number of rotatable bonds is 9. The van der Waals surface area contributed by atoms with Gasteiger partial charge in [-0.1, -0.05) is 6.07 Å². The Bertz CT molecular complexity index is 1490. The van der Waals surface area contributed by atoms with Gasteiger partial charge in [0, 0.05) is 86.4 Å². The molecule has 0 saturated carbocycles. The van der Waals surface area contributed by atoms with Crippen molar-refractivity contribution in [3.8, 4) is 6.07 Å². The van der Waals surface area contributed by atoms with Gasteiger partial charge < -0.3 is 9.88 Å². The molecule has 41 heavy (non-hydrogen) atoms. The van der Waals surface area contributed by atoms with Gasteiger partial charge in [-0.15, -0.1) is 0 Å². The van der Waals surface area contributed by atoms with E-state index >= 15 is 0 Å². The maximum Gasteiger partial charge on any atom is 0.162 e. The molecule has 210 valence electrons. The van der Waals surface area contributed by atoms with E-state index in [2.05, 4.69) is 55.1 Å². The Labute approximate surface area is 242 Å². The van der Waals surface area contributed by atoms with Gasteiger partial charge in [0.2, 0.25) is 0 Å². The van der Waals surface area contributed by atoms with E-state index in [4.69, 9.17) is 0 Å². The highest BCUT2D eigenvalue weighted by molar-refractivity contribution is 5.96. The van der Waals surface area contributed by atoms with Crippen molar-refractivity contribution < 1.29 is 4.79 Å². The first-order chi connectivity index (χ1) is 20.1. The van der Waals surface area contributed by atoms with Gasteiger partial charge in [-0.05, 0) is 97.9 Å². The predicted octanol–water partition coefficient (Wildman–Crippen LogP) is 5.63. The second kappa shape index (κ2) is 12.7. The van der Waals surface area contributed by atoms with Gasteiger partial charge >= 0.3 is 0 Å². The van der Waals surface area contributed by atoms with Crippen molar-refractivity contribution in [2.75, 3.05) is 44.2 Å². The molecular formula is C34H38N6O. The van der Waals surface area contributed by atoms with Crippen LogP contribution in [0.4, 0.5) is 5.69 Å². The number of nitrogens with one attached hydrogen (secondary N) is 1. The minimum Gasteiger partial charge on any atom is -0.369 e. The van der Waals surface area contributed by atoms with Crippen molar-refractivity contribution >= 4 is 22.4 Å². The van der Waals surface area contributed by atoms with Gasteiger partial charge in [-0.25, -0.2) is 0 Å². The zero-order valence-corrected chi connectivity index (χ0v) is 23.6. The summed E-state index contributed by atoms with van der Waals surface area (Å²) >= 11 is 0. The number of nitrogens with zero attached hydrogens (tertiary/aromatic N) is 5. The first kappa shape index (κ1) is 27.2. The third-order valence-corrected chi connectivity index (χ3v) is 8.83. The lowest BCUT2D eigenvalue weighted by Gasteiger charge is -2.36. The van der Waals surface area contributed by atoms with Crippen LogP contribution in [0, 0.1) is 17.2 Å². The molecule has 0 amide bonds. The number of piperidine rings is 1. The van der Waals surface area contributed by atoms with Crippen molar-refractivity contribution in [1.82, 2.24) is 19.8 Å². The first-order valence-electron chi connectivity index (χ1n) is 14.9. The van der Waals surface area contributed by atoms with Crippen LogP contribution >= 0.6 is 0 Å². The number of hydrogen-bond donors (Lipinski definition) is 1. The molecule has 2 aliphatic heterocycles. The van der Waals surface area contributed by atoms with E-state index in [-0.39, 0.29) is 5.78 Å². The van der Waals surface area contributed by atoms with Crippen molar-refractivity contribution in [3.63, 3.8) is 0 Å². The molecule has 0 aliphatic carbocycles. The zero-order chi connectivity index (χ0) is 28.0. The van der Waals surface area contributed by atoms with Gasteiger partial charge in [0.05, 0.1) is 11.6 Å². The van der Waals surface area contributed by atoms with Gasteiger partial charge in [0.1, 0.15) is 0 Å². The summed E-state index contributed by atoms with van der Waals surface area (Å²) in [6.07, 6.45) is 9.80. The van der Waals surface area contributed by atoms with Crippen molar-refractivity contribution in [1.29, 1.82) is 5.26 Å². The van der Waals surface area contributed by atoms with E-state index in [1.165, 1.54) is 29.7 Å². The molecule has 2 aliphatic rings. The molecule has 4 aromatic rings. The summed E-state index contributed by atoms with van der Waals surface area (Å²) in [7, 11) is 0. The molecule has 0 radical (unpaired) electrons. The largest absolute Gasteiger partial charge is 0.369 e. The van der Waals surface area contributed by atoms with Crippen LogP contribution in [-0.2, 0) is 13.1 Å². The number of anilines is 1. The molecule has 7 heteroatoms. The van der Waals surface area contributed by atoms with E-state index < -0.39 is 0 Å². The summed E-state index contributed by atoms with van der Waals surface area (Å²) < 4.78 is 0. The molecule has 2 aromatic heterocycles. The molecular weight excluding hydrogens is 508 g/mol. The molecule has 0 spiro atoms. The van der Waals surface area contributed by atoms with Crippen LogP contribution in [0.25, 0.3) is 10.9 Å². The Balaban J connectivity index is 0.940. The lowest BCUT2D eigenvalue weighted by Crippen LogP contribution is -2.45. The number of ketones is 1. The lowest BCUT2D eigenvalue weighted by atomic mass is 9.90. The average molecular weight is 547 g/mol. The minimum absolute atomic E-state index is 0.262. The number of H-pyrrole nitrogens is 1. The third kappa shape index (κ3) is 6.67. The van der Waals surface area contributed by atoms with E-state index in [1.54, 1.807) is 0 Å². The molecule has 4 heterocycles. The number of Topliss-reactive ketones (excluding diaryl/α,β-unsaturated/α-hetero) is 1. The molecule has 2 aromatic carbocycles. The van der Waals surface area contributed by atoms with Gasteiger partial charge in [0.25, 0.3) is 0 Å². The number of fused-ring (bicyclic) bond motifs is 1. The molecule has 0 unspecified atom stereocenters. The topological polar surface area (TPSA) is 79.3 Å².